The van der Waals surface area contributed by atoms with Crippen LogP contribution in [0, 0.1) is 0 Å². The molecule has 3 amide bonds. The van der Waals surface area contributed by atoms with Gasteiger partial charge in [-0.15, -0.1) is 0 Å². The van der Waals surface area contributed by atoms with Crippen LogP contribution in [0.3, 0.4) is 0 Å². The summed E-state index contributed by atoms with van der Waals surface area (Å²) < 4.78 is 0. The van der Waals surface area contributed by atoms with E-state index in [0.29, 0.717) is 16.8 Å². The number of rotatable bonds is 5. The third-order valence-corrected chi connectivity index (χ3v) is 5.73. The average Bonchev–Trinajstić information content (AvgIpc) is 3.08. The number of carbonyl (C=O) groups is 3. The molecule has 1 heterocycles. The van der Waals surface area contributed by atoms with Gasteiger partial charge < -0.3 is 5.32 Å². The second-order valence-electron chi connectivity index (χ2n) is 7.78. The lowest BCUT2D eigenvalue weighted by Crippen LogP contribution is -2.48. The van der Waals surface area contributed by atoms with Gasteiger partial charge in [0.05, 0.1) is 11.1 Å². The molecule has 5 rings (SSSR count). The maximum absolute atomic E-state index is 13.4. The maximum Gasteiger partial charge on any atom is 0.262 e. The lowest BCUT2D eigenvalue weighted by Gasteiger charge is -2.25. The van der Waals surface area contributed by atoms with Crippen molar-refractivity contribution >= 4 is 34.2 Å². The van der Waals surface area contributed by atoms with Crippen molar-refractivity contribution in [3.63, 3.8) is 0 Å². The molecule has 0 radical (unpaired) electrons. The Hall–Kier alpha value is -4.25. The molecule has 1 unspecified atom stereocenters. The summed E-state index contributed by atoms with van der Waals surface area (Å²) in [5.41, 5.74) is 2.13. The minimum atomic E-state index is -0.976. The van der Waals surface area contributed by atoms with Crippen molar-refractivity contribution in [2.45, 2.75) is 12.5 Å². The standard InChI is InChI=1S/C27H20N2O3/c30-25(28-21-15-14-19-10-4-5-11-20(19)17-21)24(16-18-8-2-1-3-9-18)29-26(31)22-12-6-7-13-23(22)27(29)32/h1-15,17,24H,16H2,(H,28,30). The van der Waals surface area contributed by atoms with Gasteiger partial charge in [-0.3, -0.25) is 19.3 Å². The molecule has 32 heavy (non-hydrogen) atoms. The maximum atomic E-state index is 13.4. The number of amides is 3. The molecule has 0 spiro atoms. The Morgan fingerprint density at radius 2 is 1.31 bits per heavy atom. The van der Waals surface area contributed by atoms with Gasteiger partial charge in [-0.05, 0) is 40.6 Å². The van der Waals surface area contributed by atoms with Crippen molar-refractivity contribution in [3.8, 4) is 0 Å². The summed E-state index contributed by atoms with van der Waals surface area (Å²) in [5.74, 6) is -1.29. The first-order chi connectivity index (χ1) is 15.6. The Morgan fingerprint density at radius 3 is 2.00 bits per heavy atom. The van der Waals surface area contributed by atoms with Crippen LogP contribution >= 0.6 is 0 Å². The average molecular weight is 420 g/mol. The molecule has 1 N–H and O–H groups in total. The van der Waals surface area contributed by atoms with Crippen LogP contribution in [-0.4, -0.2) is 28.7 Å². The van der Waals surface area contributed by atoms with Gasteiger partial charge in [0, 0.05) is 12.1 Å². The van der Waals surface area contributed by atoms with Crippen LogP contribution in [0.5, 0.6) is 0 Å². The largest absolute Gasteiger partial charge is 0.324 e. The molecular formula is C27H20N2O3. The predicted molar refractivity (Wildman–Crippen MR) is 123 cm³/mol. The number of hydrogen-bond acceptors (Lipinski definition) is 3. The van der Waals surface area contributed by atoms with E-state index in [1.807, 2.05) is 72.8 Å². The van der Waals surface area contributed by atoms with Gasteiger partial charge in [0.1, 0.15) is 6.04 Å². The van der Waals surface area contributed by atoms with Crippen LogP contribution in [0.2, 0.25) is 0 Å². The minimum Gasteiger partial charge on any atom is -0.324 e. The number of nitrogens with one attached hydrogen (secondary N) is 1. The van der Waals surface area contributed by atoms with Crippen LogP contribution in [0.1, 0.15) is 26.3 Å². The third kappa shape index (κ3) is 3.54. The van der Waals surface area contributed by atoms with E-state index in [1.54, 1.807) is 24.3 Å². The van der Waals surface area contributed by atoms with Crippen molar-refractivity contribution in [3.05, 3.63) is 114 Å². The molecule has 5 heteroatoms. The highest BCUT2D eigenvalue weighted by molar-refractivity contribution is 6.23. The third-order valence-electron chi connectivity index (χ3n) is 5.73. The smallest absolute Gasteiger partial charge is 0.262 e. The number of benzene rings is 4. The van der Waals surface area contributed by atoms with E-state index in [1.165, 1.54) is 0 Å². The highest BCUT2D eigenvalue weighted by Crippen LogP contribution is 2.27. The van der Waals surface area contributed by atoms with Crippen LogP contribution in [0.25, 0.3) is 10.8 Å². The second-order valence-corrected chi connectivity index (χ2v) is 7.78. The van der Waals surface area contributed by atoms with E-state index < -0.39 is 23.8 Å². The van der Waals surface area contributed by atoms with Gasteiger partial charge in [-0.25, -0.2) is 0 Å². The Balaban J connectivity index is 1.49. The fourth-order valence-corrected chi connectivity index (χ4v) is 4.12. The molecule has 1 atom stereocenters. The minimum absolute atomic E-state index is 0.228. The first-order valence-electron chi connectivity index (χ1n) is 10.4. The lowest BCUT2D eigenvalue weighted by atomic mass is 10.0. The molecule has 0 aromatic heterocycles. The molecule has 0 saturated carbocycles. The molecule has 4 aromatic carbocycles. The van der Waals surface area contributed by atoms with E-state index in [2.05, 4.69) is 5.32 Å². The predicted octanol–water partition coefficient (Wildman–Crippen LogP) is 4.69. The summed E-state index contributed by atoms with van der Waals surface area (Å²) in [6.07, 6.45) is 0.228. The summed E-state index contributed by atoms with van der Waals surface area (Å²) in [6.45, 7) is 0. The zero-order valence-corrected chi connectivity index (χ0v) is 17.2. The van der Waals surface area contributed by atoms with Gasteiger partial charge in [-0.1, -0.05) is 72.8 Å². The van der Waals surface area contributed by atoms with Crippen molar-refractivity contribution in [2.75, 3.05) is 5.32 Å². The number of nitrogens with zero attached hydrogens (tertiary/aromatic N) is 1. The van der Waals surface area contributed by atoms with Crippen LogP contribution in [-0.2, 0) is 11.2 Å². The quantitative estimate of drug-likeness (QED) is 0.477. The van der Waals surface area contributed by atoms with E-state index in [9.17, 15) is 14.4 Å². The molecule has 0 saturated heterocycles. The Labute approximate surface area is 185 Å². The fourth-order valence-electron chi connectivity index (χ4n) is 4.12. The molecular weight excluding hydrogens is 400 g/mol. The topological polar surface area (TPSA) is 66.5 Å². The fraction of sp³-hybridized carbons (Fsp3) is 0.0741. The molecule has 156 valence electrons. The van der Waals surface area contributed by atoms with Crippen molar-refractivity contribution in [2.24, 2.45) is 0 Å². The first kappa shape index (κ1) is 19.7. The second kappa shape index (κ2) is 8.12. The van der Waals surface area contributed by atoms with Gasteiger partial charge in [-0.2, -0.15) is 0 Å². The molecule has 0 fully saturated rings. The van der Waals surface area contributed by atoms with Crippen LogP contribution in [0.4, 0.5) is 5.69 Å². The highest BCUT2D eigenvalue weighted by atomic mass is 16.2. The molecule has 1 aliphatic rings. The summed E-state index contributed by atoms with van der Waals surface area (Å²) in [6, 6.07) is 28.6. The number of imide groups is 1. The van der Waals surface area contributed by atoms with E-state index >= 15 is 0 Å². The van der Waals surface area contributed by atoms with E-state index in [4.69, 9.17) is 0 Å². The number of anilines is 1. The Bertz CT molecular complexity index is 1310. The number of hydrogen-bond donors (Lipinski definition) is 1. The van der Waals surface area contributed by atoms with E-state index in [-0.39, 0.29) is 6.42 Å². The Kier molecular flexibility index (Phi) is 5.00. The summed E-state index contributed by atoms with van der Waals surface area (Å²) >= 11 is 0. The number of carbonyl (C=O) groups excluding carboxylic acids is 3. The zero-order valence-electron chi connectivity index (χ0n) is 17.2. The van der Waals surface area contributed by atoms with Gasteiger partial charge in [0.15, 0.2) is 0 Å². The van der Waals surface area contributed by atoms with Crippen molar-refractivity contribution < 1.29 is 14.4 Å². The summed E-state index contributed by atoms with van der Waals surface area (Å²) in [7, 11) is 0. The first-order valence-corrected chi connectivity index (χ1v) is 10.4. The van der Waals surface area contributed by atoms with E-state index in [0.717, 1.165) is 21.2 Å². The van der Waals surface area contributed by atoms with Crippen LogP contribution < -0.4 is 5.32 Å². The molecule has 5 nitrogen and oxygen atoms in total. The summed E-state index contributed by atoms with van der Waals surface area (Å²) in [4.78, 5) is 40.7. The molecule has 0 aliphatic carbocycles. The lowest BCUT2D eigenvalue weighted by molar-refractivity contribution is -0.119. The molecule has 1 aliphatic heterocycles. The number of fused-ring (bicyclic) bond motifs is 2. The summed E-state index contributed by atoms with van der Waals surface area (Å²) in [5, 5.41) is 4.97. The highest BCUT2D eigenvalue weighted by Gasteiger charge is 2.42. The molecule has 0 bridgehead atoms. The van der Waals surface area contributed by atoms with Crippen LogP contribution in [0.15, 0.2) is 97.1 Å². The van der Waals surface area contributed by atoms with Gasteiger partial charge in [0.2, 0.25) is 5.91 Å². The van der Waals surface area contributed by atoms with Gasteiger partial charge in [0.25, 0.3) is 11.8 Å². The SMILES string of the molecule is O=C(Nc1ccc2ccccc2c1)C(Cc1ccccc1)N1C(=O)c2ccccc2C1=O. The zero-order chi connectivity index (χ0) is 22.1. The van der Waals surface area contributed by atoms with Crippen molar-refractivity contribution in [1.82, 2.24) is 4.90 Å². The van der Waals surface area contributed by atoms with Crippen molar-refractivity contribution in [1.29, 1.82) is 0 Å². The normalized spacial score (nSPS) is 13.8. The molecule has 4 aromatic rings. The van der Waals surface area contributed by atoms with Gasteiger partial charge >= 0.3 is 0 Å². The monoisotopic (exact) mass is 420 g/mol. The Morgan fingerprint density at radius 1 is 0.719 bits per heavy atom.